The van der Waals surface area contributed by atoms with E-state index < -0.39 is 24.3 Å². The number of aliphatic hydroxyl groups is 1. The minimum absolute atomic E-state index is 0.00295. The van der Waals surface area contributed by atoms with E-state index in [1.165, 1.54) is 0 Å². The Hall–Kier alpha value is -2.12. The number of carbonyl (C=O) groups is 1. The lowest BCUT2D eigenvalue weighted by atomic mass is 10.1. The Morgan fingerprint density at radius 1 is 1.21 bits per heavy atom. The molecule has 1 aromatic carbocycles. The molecule has 0 spiro atoms. The number of allylic oxidation sites excluding steroid dienone is 1. The van der Waals surface area contributed by atoms with Crippen LogP contribution in [0.1, 0.15) is 5.56 Å². The Kier molecular flexibility index (Phi) is 4.47. The number of hydrogen-bond donors (Lipinski definition) is 1. The van der Waals surface area contributed by atoms with E-state index in [1.54, 1.807) is 0 Å². The highest BCUT2D eigenvalue weighted by Gasteiger charge is 2.36. The Morgan fingerprint density at radius 2 is 1.74 bits per heavy atom. The number of benzene rings is 1. The second-order valence-electron chi connectivity index (χ2n) is 3.29. The van der Waals surface area contributed by atoms with Gasteiger partial charge in [-0.1, -0.05) is 0 Å². The molecule has 0 amide bonds. The number of halogens is 5. The van der Waals surface area contributed by atoms with Gasteiger partial charge in [-0.3, -0.25) is 4.79 Å². The standard InChI is InChI=1S/C11H7F5O3/c12-10(13)19-7-3-1-6(2-4-7)8(17)5-9(18)11(14,15)16/h1-5,10,17H/b8-5-. The number of rotatable bonds is 4. The summed E-state index contributed by atoms with van der Waals surface area (Å²) in [4.78, 5) is 10.6. The van der Waals surface area contributed by atoms with Crippen molar-refractivity contribution in [3.63, 3.8) is 0 Å². The van der Waals surface area contributed by atoms with Gasteiger partial charge in [0, 0.05) is 11.6 Å². The van der Waals surface area contributed by atoms with Crippen molar-refractivity contribution in [1.29, 1.82) is 0 Å². The van der Waals surface area contributed by atoms with Gasteiger partial charge < -0.3 is 9.84 Å². The molecule has 0 bridgehead atoms. The first-order chi connectivity index (χ1) is 8.70. The Morgan fingerprint density at radius 3 is 2.16 bits per heavy atom. The van der Waals surface area contributed by atoms with E-state index in [2.05, 4.69) is 4.74 Å². The van der Waals surface area contributed by atoms with Gasteiger partial charge in [0.15, 0.2) is 0 Å². The summed E-state index contributed by atoms with van der Waals surface area (Å²) < 4.78 is 63.4. The molecule has 1 rings (SSSR count). The van der Waals surface area contributed by atoms with Gasteiger partial charge in [0.25, 0.3) is 5.78 Å². The van der Waals surface area contributed by atoms with E-state index in [-0.39, 0.29) is 17.4 Å². The van der Waals surface area contributed by atoms with E-state index >= 15 is 0 Å². The van der Waals surface area contributed by atoms with Gasteiger partial charge in [-0.2, -0.15) is 22.0 Å². The number of alkyl halides is 5. The number of ketones is 1. The number of carbonyl (C=O) groups excluding carboxylic acids is 1. The summed E-state index contributed by atoms with van der Waals surface area (Å²) in [6, 6.07) is 4.10. The van der Waals surface area contributed by atoms with Crippen LogP contribution in [0.15, 0.2) is 30.3 Å². The van der Waals surface area contributed by atoms with Gasteiger partial charge in [0.1, 0.15) is 11.5 Å². The summed E-state index contributed by atoms with van der Waals surface area (Å²) >= 11 is 0. The predicted octanol–water partition coefficient (Wildman–Crippen LogP) is 3.32. The van der Waals surface area contributed by atoms with Gasteiger partial charge in [-0.15, -0.1) is 0 Å². The molecule has 0 aliphatic rings. The lowest BCUT2D eigenvalue weighted by Gasteiger charge is -2.06. The fourth-order valence-electron chi connectivity index (χ4n) is 1.10. The summed E-state index contributed by atoms with van der Waals surface area (Å²) in [7, 11) is 0. The van der Waals surface area contributed by atoms with Crippen LogP contribution in [-0.2, 0) is 4.79 Å². The smallest absolute Gasteiger partial charge is 0.454 e. The third kappa shape index (κ3) is 4.57. The third-order valence-corrected chi connectivity index (χ3v) is 1.92. The second kappa shape index (κ2) is 5.68. The Labute approximate surface area is 103 Å². The van der Waals surface area contributed by atoms with Crippen LogP contribution in [0.5, 0.6) is 5.75 Å². The van der Waals surface area contributed by atoms with E-state index in [4.69, 9.17) is 0 Å². The Balaban J connectivity index is 2.86. The molecule has 0 saturated heterocycles. The van der Waals surface area contributed by atoms with Crippen molar-refractivity contribution in [3.05, 3.63) is 35.9 Å². The molecule has 0 fully saturated rings. The molecule has 0 aromatic heterocycles. The first-order valence-corrected chi connectivity index (χ1v) is 4.77. The second-order valence-corrected chi connectivity index (χ2v) is 3.29. The van der Waals surface area contributed by atoms with Crippen molar-refractivity contribution in [3.8, 4) is 5.75 Å². The minimum atomic E-state index is -5.09. The highest BCUT2D eigenvalue weighted by molar-refractivity contribution is 5.99. The predicted molar refractivity (Wildman–Crippen MR) is 54.7 cm³/mol. The normalized spacial score (nSPS) is 12.6. The summed E-state index contributed by atoms with van der Waals surface area (Å²) in [6.45, 7) is -3.04. The fraction of sp³-hybridized carbons (Fsp3) is 0.182. The average Bonchev–Trinajstić information content (AvgIpc) is 2.27. The molecular formula is C11H7F5O3. The highest BCUT2D eigenvalue weighted by atomic mass is 19.4. The molecule has 104 valence electrons. The van der Waals surface area contributed by atoms with E-state index in [1.807, 2.05) is 0 Å². The van der Waals surface area contributed by atoms with Crippen LogP contribution in [0.4, 0.5) is 22.0 Å². The molecule has 0 saturated carbocycles. The number of aliphatic hydroxyl groups excluding tert-OH is 1. The molecule has 0 atom stereocenters. The first kappa shape index (κ1) is 14.9. The van der Waals surface area contributed by atoms with Crippen LogP contribution in [-0.4, -0.2) is 23.7 Å². The van der Waals surface area contributed by atoms with Crippen LogP contribution in [0.2, 0.25) is 0 Å². The largest absolute Gasteiger partial charge is 0.507 e. The van der Waals surface area contributed by atoms with Gasteiger partial charge in [-0.05, 0) is 24.3 Å². The third-order valence-electron chi connectivity index (χ3n) is 1.92. The van der Waals surface area contributed by atoms with Gasteiger partial charge in [-0.25, -0.2) is 0 Å². The van der Waals surface area contributed by atoms with Crippen LogP contribution in [0, 0.1) is 0 Å². The summed E-state index contributed by atoms with van der Waals surface area (Å²) in [5, 5.41) is 9.28. The summed E-state index contributed by atoms with van der Waals surface area (Å²) in [6.07, 6.45) is -5.09. The molecule has 3 nitrogen and oxygen atoms in total. The molecule has 1 aromatic rings. The van der Waals surface area contributed by atoms with Crippen molar-refractivity contribution in [1.82, 2.24) is 0 Å². The number of hydrogen-bond acceptors (Lipinski definition) is 3. The molecule has 1 N–H and O–H groups in total. The van der Waals surface area contributed by atoms with Crippen molar-refractivity contribution in [2.45, 2.75) is 12.8 Å². The topological polar surface area (TPSA) is 46.5 Å². The SMILES string of the molecule is O=C(/C=C(\O)c1ccc(OC(F)F)cc1)C(F)(F)F. The maximum atomic E-state index is 11.9. The van der Waals surface area contributed by atoms with Crippen LogP contribution in [0.25, 0.3) is 5.76 Å². The fourth-order valence-corrected chi connectivity index (χ4v) is 1.10. The monoisotopic (exact) mass is 282 g/mol. The molecule has 0 unspecified atom stereocenters. The summed E-state index contributed by atoms with van der Waals surface area (Å²) in [5.74, 6) is -3.38. The van der Waals surface area contributed by atoms with Crippen molar-refractivity contribution < 1.29 is 36.6 Å². The van der Waals surface area contributed by atoms with Crippen molar-refractivity contribution >= 4 is 11.5 Å². The Bertz CT molecular complexity index is 476. The average molecular weight is 282 g/mol. The zero-order valence-corrected chi connectivity index (χ0v) is 9.12. The summed E-state index contributed by atoms with van der Waals surface area (Å²) in [5.41, 5.74) is -0.140. The molecule has 0 heterocycles. The van der Waals surface area contributed by atoms with E-state index in [9.17, 15) is 31.9 Å². The van der Waals surface area contributed by atoms with Crippen LogP contribution < -0.4 is 4.74 Å². The molecule has 0 aliphatic heterocycles. The minimum Gasteiger partial charge on any atom is -0.507 e. The lowest BCUT2D eigenvalue weighted by Crippen LogP contribution is -2.20. The van der Waals surface area contributed by atoms with Gasteiger partial charge in [0.05, 0.1) is 0 Å². The molecule has 0 radical (unpaired) electrons. The maximum Gasteiger partial charge on any atom is 0.454 e. The molecular weight excluding hydrogens is 275 g/mol. The zero-order chi connectivity index (χ0) is 14.6. The van der Waals surface area contributed by atoms with E-state index in [0.29, 0.717) is 0 Å². The van der Waals surface area contributed by atoms with Gasteiger partial charge >= 0.3 is 12.8 Å². The molecule has 19 heavy (non-hydrogen) atoms. The highest BCUT2D eigenvalue weighted by Crippen LogP contribution is 2.22. The quantitative estimate of drug-likeness (QED) is 0.523. The molecule has 0 aliphatic carbocycles. The first-order valence-electron chi connectivity index (χ1n) is 4.77. The molecule has 8 heteroatoms. The maximum absolute atomic E-state index is 11.9. The zero-order valence-electron chi connectivity index (χ0n) is 9.12. The van der Waals surface area contributed by atoms with Gasteiger partial charge in [0.2, 0.25) is 0 Å². The van der Waals surface area contributed by atoms with Crippen LogP contribution in [0.3, 0.4) is 0 Å². The number of ether oxygens (including phenoxy) is 1. The lowest BCUT2D eigenvalue weighted by molar-refractivity contribution is -0.165. The van der Waals surface area contributed by atoms with Crippen LogP contribution >= 0.6 is 0 Å². The van der Waals surface area contributed by atoms with E-state index in [0.717, 1.165) is 24.3 Å². The van der Waals surface area contributed by atoms with Crippen molar-refractivity contribution in [2.24, 2.45) is 0 Å². The van der Waals surface area contributed by atoms with Crippen molar-refractivity contribution in [2.75, 3.05) is 0 Å².